The van der Waals surface area contributed by atoms with Crippen molar-refractivity contribution >= 4 is 5.97 Å². The van der Waals surface area contributed by atoms with Crippen LogP contribution >= 0.6 is 0 Å². The normalized spacial score (nSPS) is 27.7. The lowest BCUT2D eigenvalue weighted by Crippen LogP contribution is -2.26. The summed E-state index contributed by atoms with van der Waals surface area (Å²) in [5.41, 5.74) is 0. The highest BCUT2D eigenvalue weighted by molar-refractivity contribution is 5.70. The Labute approximate surface area is 53.9 Å². The molecule has 0 radical (unpaired) electrons. The largest absolute Gasteiger partial charge is 0.465 e. The van der Waals surface area contributed by atoms with Gasteiger partial charge in [-0.25, -0.2) is 0 Å². The minimum Gasteiger partial charge on any atom is -0.465 e. The molecule has 1 rings (SSSR count). The molecule has 0 spiro atoms. The van der Waals surface area contributed by atoms with E-state index in [1.807, 2.05) is 0 Å². The minimum absolute atomic E-state index is 0.0891. The number of methoxy groups -OCH3 is 1. The van der Waals surface area contributed by atoms with Crippen molar-refractivity contribution < 1.29 is 14.3 Å². The average molecular weight is 130 g/mol. The molecule has 1 saturated heterocycles. The molecule has 1 unspecified atom stereocenters. The topological polar surface area (TPSA) is 35.5 Å². The lowest BCUT2D eigenvalue weighted by molar-refractivity contribution is -0.152. The van der Waals surface area contributed by atoms with Crippen LogP contribution in [-0.4, -0.2) is 25.8 Å². The number of esters is 1. The third-order valence-electron chi connectivity index (χ3n) is 1.43. The Morgan fingerprint density at radius 1 is 1.78 bits per heavy atom. The van der Waals surface area contributed by atoms with Crippen molar-refractivity contribution in [1.82, 2.24) is 0 Å². The van der Waals surface area contributed by atoms with E-state index >= 15 is 0 Å². The van der Waals surface area contributed by atoms with Crippen LogP contribution in [-0.2, 0) is 14.3 Å². The van der Waals surface area contributed by atoms with Crippen LogP contribution in [0.1, 0.15) is 12.8 Å². The standard InChI is InChI=1S/C6H10O3/c1-8-5-2-3-9-6(7)4-5/h5H,2-4H2,1H3. The highest BCUT2D eigenvalue weighted by atomic mass is 16.5. The lowest BCUT2D eigenvalue weighted by atomic mass is 10.1. The number of rotatable bonds is 1. The molecule has 0 aromatic heterocycles. The molecule has 1 atom stereocenters. The van der Waals surface area contributed by atoms with E-state index < -0.39 is 0 Å². The summed E-state index contributed by atoms with van der Waals surface area (Å²) < 4.78 is 9.65. The first-order valence-electron chi connectivity index (χ1n) is 3.01. The van der Waals surface area contributed by atoms with Gasteiger partial charge in [0.05, 0.1) is 19.1 Å². The predicted molar refractivity (Wildman–Crippen MR) is 31.0 cm³/mol. The van der Waals surface area contributed by atoms with E-state index in [0.29, 0.717) is 13.0 Å². The Hall–Kier alpha value is -0.570. The first-order valence-corrected chi connectivity index (χ1v) is 3.01. The van der Waals surface area contributed by atoms with Crippen molar-refractivity contribution in [3.63, 3.8) is 0 Å². The minimum atomic E-state index is -0.145. The molecule has 0 aliphatic carbocycles. The van der Waals surface area contributed by atoms with Gasteiger partial charge in [0.1, 0.15) is 0 Å². The molecule has 0 N–H and O–H groups in total. The second-order valence-corrected chi connectivity index (χ2v) is 2.07. The Morgan fingerprint density at radius 2 is 2.56 bits per heavy atom. The van der Waals surface area contributed by atoms with Gasteiger partial charge in [-0.05, 0) is 0 Å². The zero-order valence-electron chi connectivity index (χ0n) is 5.42. The van der Waals surface area contributed by atoms with E-state index in [9.17, 15) is 4.79 Å². The highest BCUT2D eigenvalue weighted by Gasteiger charge is 2.19. The highest BCUT2D eigenvalue weighted by Crippen LogP contribution is 2.09. The van der Waals surface area contributed by atoms with Crippen molar-refractivity contribution in [2.24, 2.45) is 0 Å². The third-order valence-corrected chi connectivity index (χ3v) is 1.43. The second-order valence-electron chi connectivity index (χ2n) is 2.07. The van der Waals surface area contributed by atoms with Gasteiger partial charge in [-0.15, -0.1) is 0 Å². The van der Waals surface area contributed by atoms with Gasteiger partial charge in [-0.2, -0.15) is 0 Å². The molecule has 1 fully saturated rings. The van der Waals surface area contributed by atoms with Gasteiger partial charge in [-0.3, -0.25) is 4.79 Å². The quantitative estimate of drug-likeness (QED) is 0.480. The Balaban J connectivity index is 2.32. The molecule has 0 saturated carbocycles. The van der Waals surface area contributed by atoms with Gasteiger partial charge in [0, 0.05) is 13.5 Å². The molecule has 0 aromatic rings. The van der Waals surface area contributed by atoms with E-state index in [1.54, 1.807) is 7.11 Å². The maximum atomic E-state index is 10.5. The van der Waals surface area contributed by atoms with Crippen LogP contribution in [0.5, 0.6) is 0 Å². The molecule has 52 valence electrons. The van der Waals surface area contributed by atoms with E-state index in [-0.39, 0.29) is 12.1 Å². The maximum absolute atomic E-state index is 10.5. The molecule has 3 nitrogen and oxygen atoms in total. The summed E-state index contributed by atoms with van der Waals surface area (Å²) in [6, 6.07) is 0. The fourth-order valence-electron chi connectivity index (χ4n) is 0.852. The summed E-state index contributed by atoms with van der Waals surface area (Å²) in [6.07, 6.45) is 1.34. The maximum Gasteiger partial charge on any atom is 0.308 e. The van der Waals surface area contributed by atoms with Crippen LogP contribution in [0.15, 0.2) is 0 Å². The Kier molecular flexibility index (Phi) is 2.05. The van der Waals surface area contributed by atoms with Gasteiger partial charge in [0.15, 0.2) is 0 Å². The number of hydrogen-bond donors (Lipinski definition) is 0. The summed E-state index contributed by atoms with van der Waals surface area (Å²) in [7, 11) is 1.61. The molecule has 1 aliphatic heterocycles. The summed E-state index contributed by atoms with van der Waals surface area (Å²) in [5, 5.41) is 0. The number of carbonyl (C=O) groups excluding carboxylic acids is 1. The van der Waals surface area contributed by atoms with E-state index in [1.165, 1.54) is 0 Å². The summed E-state index contributed by atoms with van der Waals surface area (Å²) in [6.45, 7) is 0.511. The van der Waals surface area contributed by atoms with Crippen LogP contribution in [0.25, 0.3) is 0 Å². The van der Waals surface area contributed by atoms with Crippen molar-refractivity contribution in [3.05, 3.63) is 0 Å². The summed E-state index contributed by atoms with van der Waals surface area (Å²) >= 11 is 0. The number of hydrogen-bond acceptors (Lipinski definition) is 3. The Morgan fingerprint density at radius 3 is 3.00 bits per heavy atom. The van der Waals surface area contributed by atoms with Crippen LogP contribution < -0.4 is 0 Å². The second kappa shape index (κ2) is 2.82. The smallest absolute Gasteiger partial charge is 0.308 e. The van der Waals surface area contributed by atoms with Gasteiger partial charge in [0.25, 0.3) is 0 Å². The van der Waals surface area contributed by atoms with E-state index in [2.05, 4.69) is 0 Å². The fourth-order valence-corrected chi connectivity index (χ4v) is 0.852. The van der Waals surface area contributed by atoms with Crippen molar-refractivity contribution in [2.75, 3.05) is 13.7 Å². The zero-order valence-corrected chi connectivity index (χ0v) is 5.42. The van der Waals surface area contributed by atoms with Crippen molar-refractivity contribution in [1.29, 1.82) is 0 Å². The molecule has 0 bridgehead atoms. The van der Waals surface area contributed by atoms with Crippen LogP contribution in [0.3, 0.4) is 0 Å². The zero-order chi connectivity index (χ0) is 6.69. The van der Waals surface area contributed by atoms with Gasteiger partial charge < -0.3 is 9.47 Å². The van der Waals surface area contributed by atoms with Crippen LogP contribution in [0, 0.1) is 0 Å². The Bertz CT molecular complexity index is 111. The average Bonchev–Trinajstić information content (AvgIpc) is 1.88. The predicted octanol–water partition coefficient (Wildman–Crippen LogP) is 0.338. The number of ether oxygens (including phenoxy) is 2. The number of carbonyl (C=O) groups is 1. The molecule has 1 heterocycles. The van der Waals surface area contributed by atoms with Crippen molar-refractivity contribution in [3.8, 4) is 0 Å². The first-order chi connectivity index (χ1) is 4.33. The van der Waals surface area contributed by atoms with Gasteiger partial charge in [0.2, 0.25) is 0 Å². The molecule has 0 amide bonds. The summed E-state index contributed by atoms with van der Waals surface area (Å²) in [4.78, 5) is 10.5. The molecular weight excluding hydrogens is 120 g/mol. The molecule has 1 aliphatic rings. The molecule has 0 aromatic carbocycles. The van der Waals surface area contributed by atoms with E-state index in [0.717, 1.165) is 6.42 Å². The monoisotopic (exact) mass is 130 g/mol. The van der Waals surface area contributed by atoms with Crippen LogP contribution in [0.2, 0.25) is 0 Å². The SMILES string of the molecule is COC1CCOC(=O)C1. The van der Waals surface area contributed by atoms with Gasteiger partial charge >= 0.3 is 5.97 Å². The third kappa shape index (κ3) is 1.68. The molecular formula is C6H10O3. The number of cyclic esters (lactones) is 1. The van der Waals surface area contributed by atoms with Crippen LogP contribution in [0.4, 0.5) is 0 Å². The molecule has 3 heteroatoms. The lowest BCUT2D eigenvalue weighted by Gasteiger charge is -2.19. The summed E-state index contributed by atoms with van der Waals surface area (Å²) in [5.74, 6) is -0.145. The molecule has 9 heavy (non-hydrogen) atoms. The van der Waals surface area contributed by atoms with Crippen molar-refractivity contribution in [2.45, 2.75) is 18.9 Å². The first kappa shape index (κ1) is 6.55. The fraction of sp³-hybridized carbons (Fsp3) is 0.833. The van der Waals surface area contributed by atoms with Gasteiger partial charge in [-0.1, -0.05) is 0 Å². The van der Waals surface area contributed by atoms with E-state index in [4.69, 9.17) is 9.47 Å².